The van der Waals surface area contributed by atoms with Crippen LogP contribution in [0.2, 0.25) is 5.02 Å². The van der Waals surface area contributed by atoms with E-state index in [0.717, 1.165) is 18.4 Å². The highest BCUT2D eigenvalue weighted by atomic mass is 35.5. The van der Waals surface area contributed by atoms with Crippen LogP contribution in [0.25, 0.3) is 0 Å². The van der Waals surface area contributed by atoms with E-state index in [0.29, 0.717) is 24.4 Å². The van der Waals surface area contributed by atoms with Crippen LogP contribution in [-0.4, -0.2) is 37.8 Å². The summed E-state index contributed by atoms with van der Waals surface area (Å²) in [5, 5.41) is 3.31. The Morgan fingerprint density at radius 2 is 1.74 bits per heavy atom. The Morgan fingerprint density at radius 3 is 2.44 bits per heavy atom. The zero-order valence-electron chi connectivity index (χ0n) is 15.0. The highest BCUT2D eigenvalue weighted by Gasteiger charge is 2.36. The molecule has 1 saturated heterocycles. The number of nitrogens with zero attached hydrogens (tertiary/aromatic N) is 1. The van der Waals surface area contributed by atoms with Gasteiger partial charge in [0.2, 0.25) is 15.9 Å². The molecule has 1 heterocycles. The third-order valence-corrected chi connectivity index (χ3v) is 6.91. The van der Waals surface area contributed by atoms with Gasteiger partial charge in [0.1, 0.15) is 6.04 Å². The maximum atomic E-state index is 13.3. The second-order valence-corrected chi connectivity index (χ2v) is 8.93. The number of carbonyl (C=O) groups excluding carboxylic acids is 1. The monoisotopic (exact) mass is 406 g/mol. The number of carbonyl (C=O) groups is 1. The minimum absolute atomic E-state index is 0.150. The molecule has 1 N–H and O–H groups in total. The third-order valence-electron chi connectivity index (χ3n) is 4.74. The number of sulfonamides is 1. The fourth-order valence-corrected chi connectivity index (χ4v) is 5.01. The fraction of sp³-hybridized carbons (Fsp3) is 0.350. The van der Waals surface area contributed by atoms with Gasteiger partial charge in [0.25, 0.3) is 0 Å². The molecule has 1 atom stereocenters. The molecule has 3 rings (SSSR count). The van der Waals surface area contributed by atoms with Crippen LogP contribution in [0.5, 0.6) is 0 Å². The molecule has 0 aliphatic carbocycles. The summed E-state index contributed by atoms with van der Waals surface area (Å²) in [5.74, 6) is -0.224. The van der Waals surface area contributed by atoms with E-state index in [9.17, 15) is 13.2 Å². The molecule has 2 aromatic rings. The lowest BCUT2D eigenvalue weighted by Gasteiger charge is -2.29. The normalized spacial score (nSPS) is 18.1. The number of amides is 1. The molecule has 0 bridgehead atoms. The van der Waals surface area contributed by atoms with Crippen molar-refractivity contribution in [2.45, 2.75) is 36.6 Å². The van der Waals surface area contributed by atoms with Crippen LogP contribution in [-0.2, 0) is 21.2 Å². The first-order chi connectivity index (χ1) is 13.0. The molecule has 27 heavy (non-hydrogen) atoms. The van der Waals surface area contributed by atoms with Crippen LogP contribution in [0, 0.1) is 0 Å². The van der Waals surface area contributed by atoms with E-state index in [-0.39, 0.29) is 17.3 Å². The van der Waals surface area contributed by atoms with Crippen molar-refractivity contribution in [3.8, 4) is 0 Å². The molecule has 5 nitrogen and oxygen atoms in total. The molecule has 0 unspecified atom stereocenters. The first-order valence-electron chi connectivity index (χ1n) is 9.07. The van der Waals surface area contributed by atoms with Gasteiger partial charge in [-0.25, -0.2) is 8.42 Å². The lowest BCUT2D eigenvalue weighted by Crippen LogP contribution is -2.49. The topological polar surface area (TPSA) is 66.5 Å². The largest absolute Gasteiger partial charge is 0.355 e. The summed E-state index contributed by atoms with van der Waals surface area (Å²) in [5.41, 5.74) is 1.03. The summed E-state index contributed by atoms with van der Waals surface area (Å²) in [7, 11) is -3.82. The van der Waals surface area contributed by atoms with Gasteiger partial charge in [-0.1, -0.05) is 41.9 Å². The lowest BCUT2D eigenvalue weighted by molar-refractivity contribution is -0.124. The van der Waals surface area contributed by atoms with Gasteiger partial charge in [-0.3, -0.25) is 4.79 Å². The van der Waals surface area contributed by atoms with E-state index < -0.39 is 16.1 Å². The van der Waals surface area contributed by atoms with E-state index in [1.807, 2.05) is 30.3 Å². The van der Waals surface area contributed by atoms with Gasteiger partial charge < -0.3 is 5.32 Å². The second-order valence-electron chi connectivity index (χ2n) is 6.61. The Bertz CT molecular complexity index is 870. The average molecular weight is 407 g/mol. The number of benzene rings is 2. The van der Waals surface area contributed by atoms with E-state index in [1.54, 1.807) is 12.1 Å². The highest BCUT2D eigenvalue weighted by molar-refractivity contribution is 7.89. The summed E-state index contributed by atoms with van der Waals surface area (Å²) in [4.78, 5) is 12.7. The Balaban J connectivity index is 1.92. The number of rotatable bonds is 6. The molecular weight excluding hydrogens is 384 g/mol. The first kappa shape index (κ1) is 19.9. The molecule has 1 aliphatic heterocycles. The van der Waals surface area contributed by atoms with Gasteiger partial charge in [0, 0.05) is 18.1 Å². The molecular formula is C20H23ClN2O3S. The molecule has 0 aromatic heterocycles. The van der Waals surface area contributed by atoms with Crippen molar-refractivity contribution in [3.63, 3.8) is 0 Å². The van der Waals surface area contributed by atoms with Gasteiger partial charge in [0.05, 0.1) is 4.90 Å². The maximum absolute atomic E-state index is 13.3. The zero-order chi connectivity index (χ0) is 19.3. The van der Waals surface area contributed by atoms with Crippen molar-refractivity contribution in [2.24, 2.45) is 0 Å². The quantitative estimate of drug-likeness (QED) is 0.800. The summed E-state index contributed by atoms with van der Waals surface area (Å²) >= 11 is 5.90. The van der Waals surface area contributed by atoms with E-state index in [2.05, 4.69) is 5.32 Å². The summed E-state index contributed by atoms with van der Waals surface area (Å²) in [6.45, 7) is 0.829. The van der Waals surface area contributed by atoms with Crippen molar-refractivity contribution in [3.05, 3.63) is 65.2 Å². The van der Waals surface area contributed by atoms with Crippen LogP contribution in [0.3, 0.4) is 0 Å². The fourth-order valence-electron chi connectivity index (χ4n) is 3.27. The SMILES string of the molecule is O=C1NCCCC[C@H]1N(CCc1ccccc1)S(=O)(=O)c1ccc(Cl)cc1. The van der Waals surface area contributed by atoms with Crippen molar-refractivity contribution >= 4 is 27.5 Å². The molecule has 0 spiro atoms. The summed E-state index contributed by atoms with van der Waals surface area (Å²) in [6.07, 6.45) is 2.72. The minimum Gasteiger partial charge on any atom is -0.355 e. The van der Waals surface area contributed by atoms with Crippen molar-refractivity contribution in [1.29, 1.82) is 0 Å². The molecule has 2 aromatic carbocycles. The van der Waals surface area contributed by atoms with Crippen molar-refractivity contribution in [2.75, 3.05) is 13.1 Å². The zero-order valence-corrected chi connectivity index (χ0v) is 16.5. The predicted octanol–water partition coefficient (Wildman–Crippen LogP) is 3.24. The van der Waals surface area contributed by atoms with E-state index >= 15 is 0 Å². The van der Waals surface area contributed by atoms with Crippen LogP contribution in [0.15, 0.2) is 59.5 Å². The number of hydrogen-bond donors (Lipinski definition) is 1. The van der Waals surface area contributed by atoms with Crippen molar-refractivity contribution < 1.29 is 13.2 Å². The second kappa shape index (κ2) is 8.87. The summed E-state index contributed by atoms with van der Waals surface area (Å²) in [6, 6.07) is 15.1. The third kappa shape index (κ3) is 4.89. The minimum atomic E-state index is -3.82. The lowest BCUT2D eigenvalue weighted by atomic mass is 10.1. The van der Waals surface area contributed by atoms with Gasteiger partial charge >= 0.3 is 0 Å². The molecule has 1 aliphatic rings. The predicted molar refractivity (Wildman–Crippen MR) is 106 cm³/mol. The van der Waals surface area contributed by atoms with Gasteiger partial charge in [-0.2, -0.15) is 4.31 Å². The van der Waals surface area contributed by atoms with Gasteiger partial charge in [-0.05, 0) is 55.5 Å². The van der Waals surface area contributed by atoms with Crippen LogP contribution >= 0.6 is 11.6 Å². The number of nitrogens with one attached hydrogen (secondary N) is 1. The molecule has 0 saturated carbocycles. The molecule has 7 heteroatoms. The first-order valence-corrected chi connectivity index (χ1v) is 10.9. The number of halogens is 1. The standard InChI is InChI=1S/C20H23ClN2O3S/c21-17-9-11-18(12-10-17)27(25,26)23(15-13-16-6-2-1-3-7-16)19-8-4-5-14-22-20(19)24/h1-3,6-7,9-12,19H,4-5,8,13-15H2,(H,22,24)/t19-/m1/s1. The highest BCUT2D eigenvalue weighted by Crippen LogP contribution is 2.24. The van der Waals surface area contributed by atoms with Gasteiger partial charge in [-0.15, -0.1) is 0 Å². The van der Waals surface area contributed by atoms with E-state index in [1.165, 1.54) is 16.4 Å². The van der Waals surface area contributed by atoms with Crippen LogP contribution in [0.4, 0.5) is 0 Å². The molecule has 144 valence electrons. The Morgan fingerprint density at radius 1 is 1.04 bits per heavy atom. The molecule has 1 fully saturated rings. The smallest absolute Gasteiger partial charge is 0.243 e. The Labute approximate surface area is 165 Å². The van der Waals surface area contributed by atoms with Crippen LogP contribution < -0.4 is 5.32 Å². The van der Waals surface area contributed by atoms with Gasteiger partial charge in [0.15, 0.2) is 0 Å². The average Bonchev–Trinajstić information content (AvgIpc) is 2.88. The molecule has 1 amide bonds. The number of hydrogen-bond acceptors (Lipinski definition) is 3. The molecule has 0 radical (unpaired) electrons. The maximum Gasteiger partial charge on any atom is 0.243 e. The van der Waals surface area contributed by atoms with E-state index in [4.69, 9.17) is 11.6 Å². The van der Waals surface area contributed by atoms with Crippen molar-refractivity contribution in [1.82, 2.24) is 9.62 Å². The summed E-state index contributed by atoms with van der Waals surface area (Å²) < 4.78 is 28.0. The Hall–Kier alpha value is -1.89. The Kier molecular flexibility index (Phi) is 6.52. The van der Waals surface area contributed by atoms with Crippen LogP contribution in [0.1, 0.15) is 24.8 Å².